The Hall–Kier alpha value is -1.84. The normalized spacial score (nSPS) is 11.1. The first-order chi connectivity index (χ1) is 8.85. The fourth-order valence-corrected chi connectivity index (χ4v) is 2.06. The lowest BCUT2D eigenvalue weighted by molar-refractivity contribution is -0.137. The van der Waals surface area contributed by atoms with Gasteiger partial charge in [0.25, 0.3) is 0 Å². The van der Waals surface area contributed by atoms with Crippen LogP contribution in [0.2, 0.25) is 0 Å². The van der Waals surface area contributed by atoms with E-state index in [-0.39, 0.29) is 12.3 Å². The van der Waals surface area contributed by atoms with Gasteiger partial charge in [0.2, 0.25) is 5.91 Å². The Balaban J connectivity index is 2.64. The number of aliphatic carboxylic acids is 1. The number of benzene rings is 1. The largest absolute Gasteiger partial charge is 0.481 e. The quantitative estimate of drug-likeness (QED) is 0.774. The van der Waals surface area contributed by atoms with E-state index in [9.17, 15) is 9.59 Å². The number of carbonyl (C=O) groups excluding carboxylic acids is 1. The van der Waals surface area contributed by atoms with Crippen LogP contribution in [0, 0.1) is 6.92 Å². The van der Waals surface area contributed by atoms with Crippen molar-refractivity contribution in [2.75, 3.05) is 6.54 Å². The van der Waals surface area contributed by atoms with E-state index in [0.717, 1.165) is 11.1 Å². The maximum atomic E-state index is 12.2. The molecule has 19 heavy (non-hydrogen) atoms. The Labute approximate surface area is 113 Å². The van der Waals surface area contributed by atoms with Crippen molar-refractivity contribution in [3.8, 4) is 0 Å². The molecule has 1 rings (SSSR count). The molecule has 1 amide bonds. The molecule has 2 N–H and O–H groups in total. The summed E-state index contributed by atoms with van der Waals surface area (Å²) >= 11 is 0. The number of aryl methyl sites for hydroxylation is 1. The van der Waals surface area contributed by atoms with E-state index >= 15 is 0 Å². The third-order valence-corrected chi connectivity index (χ3v) is 3.24. The maximum Gasteiger partial charge on any atom is 0.303 e. The van der Waals surface area contributed by atoms with Gasteiger partial charge in [-0.2, -0.15) is 0 Å². The first-order valence-corrected chi connectivity index (χ1v) is 6.42. The molecule has 0 aromatic heterocycles. The fourth-order valence-electron chi connectivity index (χ4n) is 2.06. The average molecular weight is 263 g/mol. The Morgan fingerprint density at radius 2 is 1.89 bits per heavy atom. The molecule has 1 aromatic carbocycles. The molecule has 0 saturated heterocycles. The van der Waals surface area contributed by atoms with E-state index in [1.165, 1.54) is 0 Å². The van der Waals surface area contributed by atoms with Crippen LogP contribution < -0.4 is 5.32 Å². The molecule has 0 fully saturated rings. The van der Waals surface area contributed by atoms with Crippen LogP contribution in [0.5, 0.6) is 0 Å². The predicted octanol–water partition coefficient (Wildman–Crippen LogP) is 2.25. The molecule has 4 nitrogen and oxygen atoms in total. The van der Waals surface area contributed by atoms with Gasteiger partial charge in [-0.25, -0.2) is 0 Å². The molecule has 1 aromatic rings. The first kappa shape index (κ1) is 15.2. The summed E-state index contributed by atoms with van der Waals surface area (Å²) in [6, 6.07) is 7.79. The molecule has 4 heteroatoms. The molecular formula is C15H21NO3. The summed E-state index contributed by atoms with van der Waals surface area (Å²) in [5, 5.41) is 11.3. The second-order valence-electron chi connectivity index (χ2n) is 5.19. The highest BCUT2D eigenvalue weighted by molar-refractivity contribution is 5.87. The molecule has 104 valence electrons. The van der Waals surface area contributed by atoms with E-state index in [1.807, 2.05) is 45.0 Å². The van der Waals surface area contributed by atoms with Crippen LogP contribution in [-0.4, -0.2) is 23.5 Å². The standard InChI is InChI=1S/C15H21NO3/c1-11-7-4-5-8-12(11)15(2,3)14(19)16-10-6-9-13(17)18/h4-5,7-8H,6,9-10H2,1-3H3,(H,16,19)(H,17,18). The van der Waals surface area contributed by atoms with E-state index in [0.29, 0.717) is 13.0 Å². The third-order valence-electron chi connectivity index (χ3n) is 3.24. The van der Waals surface area contributed by atoms with Gasteiger partial charge < -0.3 is 10.4 Å². The lowest BCUT2D eigenvalue weighted by atomic mass is 9.81. The lowest BCUT2D eigenvalue weighted by Crippen LogP contribution is -2.41. The third kappa shape index (κ3) is 4.09. The lowest BCUT2D eigenvalue weighted by Gasteiger charge is -2.26. The van der Waals surface area contributed by atoms with Crippen molar-refractivity contribution in [3.05, 3.63) is 35.4 Å². The number of nitrogens with one attached hydrogen (secondary N) is 1. The Bertz CT molecular complexity index is 466. The summed E-state index contributed by atoms with van der Waals surface area (Å²) in [6.07, 6.45) is 0.524. The molecule has 0 saturated carbocycles. The Kier molecular flexibility index (Phi) is 5.10. The molecule has 0 aliphatic rings. The minimum absolute atomic E-state index is 0.0745. The van der Waals surface area contributed by atoms with Gasteiger partial charge >= 0.3 is 5.97 Å². The topological polar surface area (TPSA) is 66.4 Å². The Morgan fingerprint density at radius 1 is 1.26 bits per heavy atom. The van der Waals surface area contributed by atoms with Gasteiger partial charge in [0.05, 0.1) is 5.41 Å². The molecule has 0 spiro atoms. The van der Waals surface area contributed by atoms with Gasteiger partial charge in [-0.1, -0.05) is 24.3 Å². The van der Waals surface area contributed by atoms with Crippen LogP contribution in [0.1, 0.15) is 37.8 Å². The van der Waals surface area contributed by atoms with Crippen LogP contribution in [0.15, 0.2) is 24.3 Å². The van der Waals surface area contributed by atoms with Crippen molar-refractivity contribution in [1.82, 2.24) is 5.32 Å². The van der Waals surface area contributed by atoms with Gasteiger partial charge in [-0.15, -0.1) is 0 Å². The van der Waals surface area contributed by atoms with E-state index in [2.05, 4.69) is 5.32 Å². The number of carboxylic acid groups (broad SMARTS) is 1. The second kappa shape index (κ2) is 6.36. The molecule has 0 aliphatic heterocycles. The van der Waals surface area contributed by atoms with Crippen molar-refractivity contribution in [1.29, 1.82) is 0 Å². The van der Waals surface area contributed by atoms with Gasteiger partial charge in [0.15, 0.2) is 0 Å². The number of hydrogen-bond acceptors (Lipinski definition) is 2. The average Bonchev–Trinajstić information content (AvgIpc) is 2.34. The summed E-state index contributed by atoms with van der Waals surface area (Å²) in [7, 11) is 0. The molecule has 0 radical (unpaired) electrons. The first-order valence-electron chi connectivity index (χ1n) is 6.42. The number of carbonyl (C=O) groups is 2. The van der Waals surface area contributed by atoms with Crippen LogP contribution in [0.25, 0.3) is 0 Å². The van der Waals surface area contributed by atoms with Crippen LogP contribution >= 0.6 is 0 Å². The van der Waals surface area contributed by atoms with Crippen molar-refractivity contribution >= 4 is 11.9 Å². The molecule has 0 unspecified atom stereocenters. The van der Waals surface area contributed by atoms with Crippen LogP contribution in [-0.2, 0) is 15.0 Å². The minimum Gasteiger partial charge on any atom is -0.481 e. The van der Waals surface area contributed by atoms with E-state index < -0.39 is 11.4 Å². The molecule has 0 heterocycles. The number of amides is 1. The smallest absolute Gasteiger partial charge is 0.303 e. The monoisotopic (exact) mass is 263 g/mol. The number of rotatable bonds is 6. The van der Waals surface area contributed by atoms with Crippen LogP contribution in [0.3, 0.4) is 0 Å². The minimum atomic E-state index is -0.840. The van der Waals surface area contributed by atoms with Crippen molar-refractivity contribution in [2.24, 2.45) is 0 Å². The fraction of sp³-hybridized carbons (Fsp3) is 0.467. The van der Waals surface area contributed by atoms with E-state index in [1.54, 1.807) is 0 Å². The zero-order valence-corrected chi connectivity index (χ0v) is 11.7. The highest BCUT2D eigenvalue weighted by Gasteiger charge is 2.30. The van der Waals surface area contributed by atoms with Crippen molar-refractivity contribution < 1.29 is 14.7 Å². The highest BCUT2D eigenvalue weighted by Crippen LogP contribution is 2.26. The summed E-state index contributed by atoms with van der Waals surface area (Å²) in [5.41, 5.74) is 1.45. The van der Waals surface area contributed by atoms with E-state index in [4.69, 9.17) is 5.11 Å². The summed E-state index contributed by atoms with van der Waals surface area (Å²) in [4.78, 5) is 22.6. The maximum absolute atomic E-state index is 12.2. The number of hydrogen-bond donors (Lipinski definition) is 2. The highest BCUT2D eigenvalue weighted by atomic mass is 16.4. The van der Waals surface area contributed by atoms with Gasteiger partial charge in [0.1, 0.15) is 0 Å². The van der Waals surface area contributed by atoms with Crippen LogP contribution in [0.4, 0.5) is 0 Å². The van der Waals surface area contributed by atoms with Gasteiger partial charge in [-0.05, 0) is 38.3 Å². The summed E-state index contributed by atoms with van der Waals surface area (Å²) < 4.78 is 0. The predicted molar refractivity (Wildman–Crippen MR) is 74.1 cm³/mol. The second-order valence-corrected chi connectivity index (χ2v) is 5.19. The molecule has 0 bridgehead atoms. The number of carboxylic acids is 1. The zero-order chi connectivity index (χ0) is 14.5. The molecular weight excluding hydrogens is 242 g/mol. The molecule has 0 atom stereocenters. The SMILES string of the molecule is Cc1ccccc1C(C)(C)C(=O)NCCCC(=O)O. The summed E-state index contributed by atoms with van der Waals surface area (Å²) in [5.74, 6) is -0.917. The van der Waals surface area contributed by atoms with Gasteiger partial charge in [0, 0.05) is 13.0 Å². The molecule has 0 aliphatic carbocycles. The van der Waals surface area contributed by atoms with Crippen molar-refractivity contribution in [3.63, 3.8) is 0 Å². The summed E-state index contributed by atoms with van der Waals surface area (Å²) in [6.45, 7) is 6.12. The zero-order valence-electron chi connectivity index (χ0n) is 11.7. The Morgan fingerprint density at radius 3 is 2.47 bits per heavy atom. The van der Waals surface area contributed by atoms with Crippen molar-refractivity contribution in [2.45, 2.75) is 39.0 Å². The van der Waals surface area contributed by atoms with Gasteiger partial charge in [-0.3, -0.25) is 9.59 Å².